The van der Waals surface area contributed by atoms with E-state index in [1.54, 1.807) is 6.07 Å². The van der Waals surface area contributed by atoms with Gasteiger partial charge in [-0.2, -0.15) is 0 Å². The quantitative estimate of drug-likeness (QED) is 0.843. The average Bonchev–Trinajstić information content (AvgIpc) is 2.32. The Hall–Kier alpha value is -1.62. The van der Waals surface area contributed by atoms with Crippen LogP contribution in [-0.4, -0.2) is 32.2 Å². The summed E-state index contributed by atoms with van der Waals surface area (Å²) >= 11 is 0. The number of anilines is 1. The van der Waals surface area contributed by atoms with Crippen molar-refractivity contribution in [1.29, 1.82) is 0 Å². The molecule has 0 spiro atoms. The van der Waals surface area contributed by atoms with Crippen LogP contribution in [0.3, 0.4) is 0 Å². The van der Waals surface area contributed by atoms with E-state index in [0.29, 0.717) is 18.8 Å². The molecule has 2 rings (SSSR count). The molecule has 1 aliphatic rings. The number of nitrogens with two attached hydrogens (primary N) is 1. The Morgan fingerprint density at radius 3 is 2.71 bits per heavy atom. The smallest absolute Gasteiger partial charge is 0.221 e. The fraction of sp³-hybridized carbons (Fsp3) is 0.417. The Balaban J connectivity index is 2.14. The number of rotatable bonds is 3. The van der Waals surface area contributed by atoms with E-state index in [1.165, 1.54) is 6.07 Å². The molecular weight excluding hydrogens is 223 g/mol. The molecule has 0 radical (unpaired) electrons. The van der Waals surface area contributed by atoms with Gasteiger partial charge in [0.2, 0.25) is 5.91 Å². The highest BCUT2D eigenvalue weighted by atomic mass is 19.1. The Bertz CT molecular complexity index is 417. The lowest BCUT2D eigenvalue weighted by Crippen LogP contribution is -2.36. The second kappa shape index (κ2) is 5.14. The van der Waals surface area contributed by atoms with E-state index in [1.807, 2.05) is 6.07 Å². The number of ether oxygens (including phenoxy) is 1. The Morgan fingerprint density at radius 2 is 2.12 bits per heavy atom. The highest BCUT2D eigenvalue weighted by Crippen LogP contribution is 2.20. The van der Waals surface area contributed by atoms with E-state index in [9.17, 15) is 9.18 Å². The van der Waals surface area contributed by atoms with Gasteiger partial charge in [-0.3, -0.25) is 4.79 Å². The van der Waals surface area contributed by atoms with Gasteiger partial charge < -0.3 is 15.4 Å². The van der Waals surface area contributed by atoms with Crippen molar-refractivity contribution in [3.05, 3.63) is 29.6 Å². The zero-order chi connectivity index (χ0) is 12.3. The first-order valence-electron chi connectivity index (χ1n) is 5.56. The summed E-state index contributed by atoms with van der Waals surface area (Å²) in [4.78, 5) is 12.8. The molecule has 1 fully saturated rings. The second-order valence-electron chi connectivity index (χ2n) is 4.02. The number of morpholine rings is 1. The zero-order valence-electron chi connectivity index (χ0n) is 9.49. The van der Waals surface area contributed by atoms with Crippen molar-refractivity contribution in [1.82, 2.24) is 0 Å². The molecule has 0 bridgehead atoms. The summed E-state index contributed by atoms with van der Waals surface area (Å²) in [5, 5.41) is 0. The molecule has 1 heterocycles. The van der Waals surface area contributed by atoms with Crippen LogP contribution < -0.4 is 10.6 Å². The van der Waals surface area contributed by atoms with Gasteiger partial charge in [0, 0.05) is 18.8 Å². The normalized spacial score (nSPS) is 15.9. The largest absolute Gasteiger partial charge is 0.378 e. The van der Waals surface area contributed by atoms with Crippen molar-refractivity contribution in [2.75, 3.05) is 31.2 Å². The molecule has 1 aromatic carbocycles. The Morgan fingerprint density at radius 1 is 1.41 bits per heavy atom. The average molecular weight is 238 g/mol. The molecule has 0 atom stereocenters. The highest BCUT2D eigenvalue weighted by Gasteiger charge is 2.13. The third kappa shape index (κ3) is 2.94. The van der Waals surface area contributed by atoms with Gasteiger partial charge in [-0.1, -0.05) is 6.07 Å². The van der Waals surface area contributed by atoms with Crippen LogP contribution in [0.15, 0.2) is 18.2 Å². The van der Waals surface area contributed by atoms with Gasteiger partial charge in [0.05, 0.1) is 19.6 Å². The molecule has 0 aliphatic carbocycles. The first-order valence-corrected chi connectivity index (χ1v) is 5.56. The maximum Gasteiger partial charge on any atom is 0.221 e. The zero-order valence-corrected chi connectivity index (χ0v) is 9.49. The van der Waals surface area contributed by atoms with Crippen molar-refractivity contribution in [3.63, 3.8) is 0 Å². The van der Waals surface area contributed by atoms with E-state index in [2.05, 4.69) is 4.90 Å². The summed E-state index contributed by atoms with van der Waals surface area (Å²) in [5.41, 5.74) is 6.20. The summed E-state index contributed by atoms with van der Waals surface area (Å²) in [6, 6.07) is 4.88. The predicted molar refractivity (Wildman–Crippen MR) is 62.3 cm³/mol. The van der Waals surface area contributed by atoms with Crippen molar-refractivity contribution >= 4 is 11.6 Å². The van der Waals surface area contributed by atoms with E-state index in [0.717, 1.165) is 18.8 Å². The molecule has 2 N–H and O–H groups in total. The van der Waals surface area contributed by atoms with E-state index >= 15 is 0 Å². The minimum absolute atomic E-state index is 0.0603. The van der Waals surface area contributed by atoms with E-state index in [-0.39, 0.29) is 12.2 Å². The molecule has 1 amide bonds. The summed E-state index contributed by atoms with van der Waals surface area (Å²) in [7, 11) is 0. The van der Waals surface area contributed by atoms with Crippen LogP contribution in [-0.2, 0) is 16.0 Å². The number of amides is 1. The first kappa shape index (κ1) is 11.9. The standard InChI is InChI=1S/C12H15FN2O2/c13-11-8-10(15-3-5-17-6-4-15)2-1-9(11)7-12(14)16/h1-2,8H,3-7H2,(H2,14,16). The number of carbonyl (C=O) groups excluding carboxylic acids is 1. The SMILES string of the molecule is NC(=O)Cc1ccc(N2CCOCC2)cc1F. The van der Waals surface area contributed by atoms with Crippen molar-refractivity contribution in [3.8, 4) is 0 Å². The summed E-state index contributed by atoms with van der Waals surface area (Å²) in [6.45, 7) is 2.83. The molecule has 1 aliphatic heterocycles. The van der Waals surface area contributed by atoms with Crippen LogP contribution in [0.4, 0.5) is 10.1 Å². The van der Waals surface area contributed by atoms with Crippen molar-refractivity contribution in [2.24, 2.45) is 5.73 Å². The fourth-order valence-electron chi connectivity index (χ4n) is 1.89. The van der Waals surface area contributed by atoms with Gasteiger partial charge in [0.15, 0.2) is 0 Å². The first-order chi connectivity index (χ1) is 8.16. The van der Waals surface area contributed by atoms with Crippen LogP contribution in [0.5, 0.6) is 0 Å². The third-order valence-electron chi connectivity index (χ3n) is 2.78. The van der Waals surface area contributed by atoms with Crippen molar-refractivity contribution < 1.29 is 13.9 Å². The van der Waals surface area contributed by atoms with Gasteiger partial charge in [0.1, 0.15) is 5.82 Å². The number of nitrogens with zero attached hydrogens (tertiary/aromatic N) is 1. The molecule has 1 aromatic rings. The van der Waals surface area contributed by atoms with Gasteiger partial charge in [0.25, 0.3) is 0 Å². The van der Waals surface area contributed by atoms with Crippen LogP contribution in [0, 0.1) is 5.82 Å². The molecule has 1 saturated heterocycles. The number of hydrogen-bond acceptors (Lipinski definition) is 3. The topological polar surface area (TPSA) is 55.6 Å². The number of hydrogen-bond donors (Lipinski definition) is 1. The van der Waals surface area contributed by atoms with Crippen LogP contribution in [0.25, 0.3) is 0 Å². The van der Waals surface area contributed by atoms with Gasteiger partial charge in [-0.05, 0) is 17.7 Å². The molecular formula is C12H15FN2O2. The number of carbonyl (C=O) groups is 1. The second-order valence-corrected chi connectivity index (χ2v) is 4.02. The maximum absolute atomic E-state index is 13.7. The Labute approximate surface area is 99.2 Å². The van der Waals surface area contributed by atoms with Gasteiger partial charge in [-0.25, -0.2) is 4.39 Å². The Kier molecular flexibility index (Phi) is 3.58. The third-order valence-corrected chi connectivity index (χ3v) is 2.78. The van der Waals surface area contributed by atoms with Crippen LogP contribution >= 0.6 is 0 Å². The molecule has 0 unspecified atom stereocenters. The molecule has 0 aromatic heterocycles. The number of primary amides is 1. The van der Waals surface area contributed by atoms with Crippen LogP contribution in [0.2, 0.25) is 0 Å². The summed E-state index contributed by atoms with van der Waals surface area (Å²) in [6.07, 6.45) is -0.0603. The van der Waals surface area contributed by atoms with Crippen molar-refractivity contribution in [2.45, 2.75) is 6.42 Å². The maximum atomic E-state index is 13.7. The van der Waals surface area contributed by atoms with E-state index in [4.69, 9.17) is 10.5 Å². The van der Waals surface area contributed by atoms with Gasteiger partial charge >= 0.3 is 0 Å². The summed E-state index contributed by atoms with van der Waals surface area (Å²) < 4.78 is 18.9. The van der Waals surface area contributed by atoms with Crippen LogP contribution in [0.1, 0.15) is 5.56 Å². The minimum Gasteiger partial charge on any atom is -0.378 e. The van der Waals surface area contributed by atoms with Gasteiger partial charge in [-0.15, -0.1) is 0 Å². The molecule has 17 heavy (non-hydrogen) atoms. The lowest BCUT2D eigenvalue weighted by molar-refractivity contribution is -0.117. The molecule has 0 saturated carbocycles. The monoisotopic (exact) mass is 238 g/mol. The molecule has 4 nitrogen and oxygen atoms in total. The number of halogens is 1. The lowest BCUT2D eigenvalue weighted by atomic mass is 10.1. The highest BCUT2D eigenvalue weighted by molar-refractivity contribution is 5.76. The van der Waals surface area contributed by atoms with E-state index < -0.39 is 5.91 Å². The summed E-state index contributed by atoms with van der Waals surface area (Å²) in [5.74, 6) is -0.907. The lowest BCUT2D eigenvalue weighted by Gasteiger charge is -2.29. The molecule has 92 valence electrons. The predicted octanol–water partition coefficient (Wildman–Crippen LogP) is 0.690. The molecule has 5 heteroatoms. The number of benzene rings is 1. The minimum atomic E-state index is -0.525. The fourth-order valence-corrected chi connectivity index (χ4v) is 1.89.